The first-order chi connectivity index (χ1) is 13.9. The molecule has 1 aliphatic heterocycles. The third-order valence-corrected chi connectivity index (χ3v) is 6.83. The minimum Gasteiger partial charge on any atom is -0.478 e. The summed E-state index contributed by atoms with van der Waals surface area (Å²) in [5.41, 5.74) is 3.86. The van der Waals surface area contributed by atoms with E-state index in [0.717, 1.165) is 29.2 Å². The standard InChI is InChI=1S/C25H32O5/c1-13-9-18-10-14(2)23(29)17(5)22(18)20(19(13)12-16(4)26)11-15(3)24-25(6,30-24)8-7-21(27)28/h7-9,11,14,17,20,22,24H,10,12H2,1-6H3,(H,27,28). The molecule has 3 rings (SSSR count). The summed E-state index contributed by atoms with van der Waals surface area (Å²) in [7, 11) is 0. The van der Waals surface area contributed by atoms with E-state index < -0.39 is 11.6 Å². The van der Waals surface area contributed by atoms with Crippen LogP contribution < -0.4 is 0 Å². The van der Waals surface area contributed by atoms with E-state index in [1.54, 1.807) is 13.0 Å². The molecule has 6 atom stereocenters. The van der Waals surface area contributed by atoms with Crippen molar-refractivity contribution in [1.82, 2.24) is 0 Å². The van der Waals surface area contributed by atoms with Crippen molar-refractivity contribution in [2.75, 3.05) is 0 Å². The summed E-state index contributed by atoms with van der Waals surface area (Å²) in [6.07, 6.45) is 7.98. The summed E-state index contributed by atoms with van der Waals surface area (Å²) < 4.78 is 5.82. The van der Waals surface area contributed by atoms with Crippen molar-refractivity contribution in [2.24, 2.45) is 23.7 Å². The third kappa shape index (κ3) is 4.27. The van der Waals surface area contributed by atoms with E-state index >= 15 is 0 Å². The smallest absolute Gasteiger partial charge is 0.328 e. The van der Waals surface area contributed by atoms with Crippen LogP contribution >= 0.6 is 0 Å². The Morgan fingerprint density at radius 2 is 1.97 bits per heavy atom. The van der Waals surface area contributed by atoms with Gasteiger partial charge in [0.1, 0.15) is 23.3 Å². The lowest BCUT2D eigenvalue weighted by Crippen LogP contribution is -2.39. The SMILES string of the molecule is CC(=O)CC1=C(C)C=C2CC(C)C(=O)C(C)C2C1C=C(C)C1OC1(C)C=CC(=O)O. The molecule has 0 aromatic rings. The Labute approximate surface area is 178 Å². The Morgan fingerprint density at radius 1 is 1.30 bits per heavy atom. The van der Waals surface area contributed by atoms with Gasteiger partial charge < -0.3 is 9.84 Å². The predicted octanol–water partition coefficient (Wildman–Crippen LogP) is 4.44. The highest BCUT2D eigenvalue weighted by Gasteiger charge is 2.52. The summed E-state index contributed by atoms with van der Waals surface area (Å²) in [4.78, 5) is 35.7. The maximum atomic E-state index is 12.8. The second-order valence-electron chi connectivity index (χ2n) is 9.42. The Hall–Kier alpha value is -2.27. The number of epoxide rings is 1. The summed E-state index contributed by atoms with van der Waals surface area (Å²) in [5, 5.41) is 8.91. The average Bonchev–Trinajstić information content (AvgIpc) is 3.33. The van der Waals surface area contributed by atoms with E-state index in [-0.39, 0.29) is 41.3 Å². The van der Waals surface area contributed by atoms with Gasteiger partial charge in [0.25, 0.3) is 0 Å². The molecule has 0 aromatic heterocycles. The molecule has 2 fully saturated rings. The number of aliphatic carboxylic acids is 1. The van der Waals surface area contributed by atoms with Crippen molar-refractivity contribution in [3.8, 4) is 0 Å². The molecule has 162 valence electrons. The number of carbonyl (C=O) groups is 3. The number of carboxylic acids is 1. The Bertz CT molecular complexity index is 902. The number of ether oxygens (including phenoxy) is 1. The number of rotatable bonds is 6. The van der Waals surface area contributed by atoms with Crippen LogP contribution in [0.2, 0.25) is 0 Å². The van der Waals surface area contributed by atoms with Crippen LogP contribution in [0.4, 0.5) is 0 Å². The van der Waals surface area contributed by atoms with Crippen molar-refractivity contribution in [3.05, 3.63) is 46.6 Å². The highest BCUT2D eigenvalue weighted by atomic mass is 16.6. The molecular weight excluding hydrogens is 380 g/mol. The molecule has 0 amide bonds. The number of carboxylic acid groups (broad SMARTS) is 1. The molecule has 30 heavy (non-hydrogen) atoms. The molecule has 6 unspecified atom stereocenters. The highest BCUT2D eigenvalue weighted by Crippen LogP contribution is 2.49. The first kappa shape index (κ1) is 22.4. The summed E-state index contributed by atoms with van der Waals surface area (Å²) in [5.74, 6) is -0.670. The molecule has 5 heteroatoms. The Kier molecular flexibility index (Phi) is 6.06. The van der Waals surface area contributed by atoms with Gasteiger partial charge in [-0.1, -0.05) is 42.7 Å². The fourth-order valence-corrected chi connectivity index (χ4v) is 5.31. The molecule has 0 spiro atoms. The Balaban J connectivity index is 1.98. The second-order valence-corrected chi connectivity index (χ2v) is 9.42. The predicted molar refractivity (Wildman–Crippen MR) is 115 cm³/mol. The van der Waals surface area contributed by atoms with Crippen LogP contribution in [0.1, 0.15) is 54.4 Å². The maximum absolute atomic E-state index is 12.8. The monoisotopic (exact) mass is 412 g/mol. The number of fused-ring (bicyclic) bond motifs is 1. The van der Waals surface area contributed by atoms with Crippen molar-refractivity contribution in [3.63, 3.8) is 0 Å². The number of hydrogen-bond donors (Lipinski definition) is 1. The second kappa shape index (κ2) is 8.10. The largest absolute Gasteiger partial charge is 0.478 e. The fourth-order valence-electron chi connectivity index (χ4n) is 5.31. The zero-order valence-corrected chi connectivity index (χ0v) is 18.7. The third-order valence-electron chi connectivity index (χ3n) is 6.83. The lowest BCUT2D eigenvalue weighted by molar-refractivity contribution is -0.131. The van der Waals surface area contributed by atoms with Crippen LogP contribution in [0, 0.1) is 23.7 Å². The molecule has 1 saturated carbocycles. The van der Waals surface area contributed by atoms with Crippen LogP contribution in [0.15, 0.2) is 46.6 Å². The van der Waals surface area contributed by atoms with Gasteiger partial charge in [0.05, 0.1) is 0 Å². The lowest BCUT2D eigenvalue weighted by atomic mass is 9.61. The quantitative estimate of drug-likeness (QED) is 0.396. The number of ketones is 2. The van der Waals surface area contributed by atoms with Gasteiger partial charge in [0, 0.05) is 30.3 Å². The van der Waals surface area contributed by atoms with Crippen molar-refractivity contribution in [2.45, 2.75) is 66.1 Å². The minimum atomic E-state index is -1.000. The number of hydrogen-bond acceptors (Lipinski definition) is 4. The first-order valence-corrected chi connectivity index (χ1v) is 10.7. The number of Topliss-reactive ketones (excluding diaryl/α,β-unsaturated/α-hetero) is 2. The van der Waals surface area contributed by atoms with E-state index in [2.05, 4.69) is 19.1 Å². The summed E-state index contributed by atoms with van der Waals surface area (Å²) in [6.45, 7) is 11.5. The fraction of sp³-hybridized carbons (Fsp3) is 0.560. The van der Waals surface area contributed by atoms with Gasteiger partial charge in [0.15, 0.2) is 0 Å². The van der Waals surface area contributed by atoms with Crippen LogP contribution in [0.5, 0.6) is 0 Å². The molecule has 1 saturated heterocycles. The highest BCUT2D eigenvalue weighted by molar-refractivity contribution is 5.86. The van der Waals surface area contributed by atoms with Gasteiger partial charge in [0.2, 0.25) is 0 Å². The van der Waals surface area contributed by atoms with Gasteiger partial charge >= 0.3 is 5.97 Å². The average molecular weight is 413 g/mol. The molecular formula is C25H32O5. The van der Waals surface area contributed by atoms with Crippen molar-refractivity contribution in [1.29, 1.82) is 0 Å². The number of allylic oxidation sites excluding steroid dienone is 5. The van der Waals surface area contributed by atoms with E-state index in [1.807, 2.05) is 27.7 Å². The van der Waals surface area contributed by atoms with E-state index in [4.69, 9.17) is 9.84 Å². The van der Waals surface area contributed by atoms with Crippen LogP contribution in [0.3, 0.4) is 0 Å². The number of carbonyl (C=O) groups excluding carboxylic acids is 2. The summed E-state index contributed by atoms with van der Waals surface area (Å²) in [6, 6.07) is 0. The van der Waals surface area contributed by atoms with E-state index in [0.29, 0.717) is 6.42 Å². The molecule has 1 N–H and O–H groups in total. The first-order valence-electron chi connectivity index (χ1n) is 10.7. The molecule has 2 aliphatic carbocycles. The molecule has 5 nitrogen and oxygen atoms in total. The van der Waals surface area contributed by atoms with Gasteiger partial charge in [-0.3, -0.25) is 9.59 Å². The zero-order chi connectivity index (χ0) is 22.4. The van der Waals surface area contributed by atoms with Crippen LogP contribution in [-0.2, 0) is 19.1 Å². The van der Waals surface area contributed by atoms with E-state index in [1.165, 1.54) is 5.57 Å². The van der Waals surface area contributed by atoms with E-state index in [9.17, 15) is 14.4 Å². The van der Waals surface area contributed by atoms with Crippen molar-refractivity contribution >= 4 is 17.5 Å². The van der Waals surface area contributed by atoms with Gasteiger partial charge in [-0.05, 0) is 51.7 Å². The molecule has 0 radical (unpaired) electrons. The maximum Gasteiger partial charge on any atom is 0.328 e. The van der Waals surface area contributed by atoms with Gasteiger partial charge in [-0.15, -0.1) is 0 Å². The molecule has 0 bridgehead atoms. The Morgan fingerprint density at radius 3 is 2.57 bits per heavy atom. The normalized spacial score (nSPS) is 36.6. The van der Waals surface area contributed by atoms with Crippen LogP contribution in [-0.4, -0.2) is 34.3 Å². The minimum absolute atomic E-state index is 0.0200. The van der Waals surface area contributed by atoms with Crippen LogP contribution in [0.25, 0.3) is 0 Å². The topological polar surface area (TPSA) is 84.0 Å². The molecule has 3 aliphatic rings. The van der Waals surface area contributed by atoms with Gasteiger partial charge in [-0.2, -0.15) is 0 Å². The summed E-state index contributed by atoms with van der Waals surface area (Å²) >= 11 is 0. The molecule has 0 aromatic carbocycles. The van der Waals surface area contributed by atoms with Gasteiger partial charge in [-0.25, -0.2) is 4.79 Å². The lowest BCUT2D eigenvalue weighted by Gasteiger charge is -2.42. The van der Waals surface area contributed by atoms with Crippen molar-refractivity contribution < 1.29 is 24.2 Å². The zero-order valence-electron chi connectivity index (χ0n) is 18.7. The molecule has 1 heterocycles.